The van der Waals surface area contributed by atoms with Gasteiger partial charge < -0.3 is 5.32 Å². The largest absolute Gasteiger partial charge is 0.352 e. The van der Waals surface area contributed by atoms with E-state index in [1.54, 1.807) is 6.92 Å². The van der Waals surface area contributed by atoms with E-state index in [9.17, 15) is 14.9 Å². The molecule has 0 saturated carbocycles. The van der Waals surface area contributed by atoms with Crippen molar-refractivity contribution in [1.29, 1.82) is 0 Å². The summed E-state index contributed by atoms with van der Waals surface area (Å²) in [4.78, 5) is 22.2. The van der Waals surface area contributed by atoms with Crippen LogP contribution in [-0.2, 0) is 24.4 Å². The maximum absolute atomic E-state index is 11.9. The average Bonchev–Trinajstić information content (AvgIpc) is 3.06. The summed E-state index contributed by atoms with van der Waals surface area (Å²) in [5.74, 6) is -0.133. The van der Waals surface area contributed by atoms with Gasteiger partial charge in [0.25, 0.3) is 0 Å². The molecule has 9 nitrogen and oxygen atoms in total. The van der Waals surface area contributed by atoms with Crippen molar-refractivity contribution in [2.45, 2.75) is 46.8 Å². The Kier molecular flexibility index (Phi) is 5.09. The fraction of sp³-hybridized carbons (Fsp3) is 0.500. The molecule has 0 aliphatic carbocycles. The van der Waals surface area contributed by atoms with Crippen molar-refractivity contribution in [3.63, 3.8) is 0 Å². The Balaban J connectivity index is 1.85. The van der Waals surface area contributed by atoms with Gasteiger partial charge in [0, 0.05) is 31.3 Å². The third-order valence-corrected chi connectivity index (χ3v) is 3.67. The Hall–Kier alpha value is -2.71. The van der Waals surface area contributed by atoms with Gasteiger partial charge in [0.05, 0.1) is 17.2 Å². The van der Waals surface area contributed by atoms with Gasteiger partial charge in [-0.2, -0.15) is 10.2 Å². The molecule has 0 saturated heterocycles. The molecule has 1 N–H and O–H groups in total. The second-order valence-electron chi connectivity index (χ2n) is 5.22. The molecule has 0 aliphatic heterocycles. The molecule has 0 atom stereocenters. The lowest BCUT2D eigenvalue weighted by molar-refractivity contribution is -0.385. The monoisotopic (exact) mass is 320 g/mol. The first-order valence-electron chi connectivity index (χ1n) is 7.38. The van der Waals surface area contributed by atoms with E-state index in [0.717, 1.165) is 17.8 Å². The molecule has 23 heavy (non-hydrogen) atoms. The van der Waals surface area contributed by atoms with Gasteiger partial charge in [0.2, 0.25) is 5.91 Å². The molecule has 9 heteroatoms. The molecule has 0 fully saturated rings. The van der Waals surface area contributed by atoms with Crippen molar-refractivity contribution in [3.05, 3.63) is 39.5 Å². The van der Waals surface area contributed by atoms with Crippen LogP contribution in [0.15, 0.2) is 12.4 Å². The molecule has 2 aromatic heterocycles. The van der Waals surface area contributed by atoms with E-state index in [0.29, 0.717) is 18.8 Å². The number of carbonyl (C=O) groups excluding carboxylic acids is 1. The molecule has 0 radical (unpaired) electrons. The van der Waals surface area contributed by atoms with Crippen molar-refractivity contribution < 1.29 is 9.72 Å². The first-order chi connectivity index (χ1) is 10.9. The molecule has 0 aliphatic rings. The van der Waals surface area contributed by atoms with Crippen LogP contribution in [0.5, 0.6) is 0 Å². The number of nitrogens with one attached hydrogen (secondary N) is 1. The second kappa shape index (κ2) is 7.03. The molecule has 0 unspecified atom stereocenters. The number of amides is 1. The van der Waals surface area contributed by atoms with Crippen molar-refractivity contribution >= 4 is 11.6 Å². The van der Waals surface area contributed by atoms with Crippen LogP contribution in [0.3, 0.4) is 0 Å². The smallest absolute Gasteiger partial charge is 0.309 e. The number of nitro groups is 1. The van der Waals surface area contributed by atoms with Crippen molar-refractivity contribution in [1.82, 2.24) is 24.9 Å². The third kappa shape index (κ3) is 3.93. The number of hydrogen-bond donors (Lipinski definition) is 1. The summed E-state index contributed by atoms with van der Waals surface area (Å²) in [5, 5.41) is 21.8. The number of rotatable bonds is 7. The minimum Gasteiger partial charge on any atom is -0.352 e. The second-order valence-corrected chi connectivity index (χ2v) is 5.22. The topological polar surface area (TPSA) is 108 Å². The summed E-state index contributed by atoms with van der Waals surface area (Å²) >= 11 is 0. The van der Waals surface area contributed by atoms with Crippen LogP contribution in [0.2, 0.25) is 0 Å². The molecule has 0 spiro atoms. The number of aromatic nitrogens is 4. The molecule has 0 bridgehead atoms. The first-order valence-corrected chi connectivity index (χ1v) is 7.38. The molecule has 2 rings (SSSR count). The molecule has 1 amide bonds. The SMILES string of the molecule is CCn1cc(CNC(=O)CCn2ncc([N+](=O)[O-])c2C)c(C)n1. The molecular weight excluding hydrogens is 300 g/mol. The normalized spacial score (nSPS) is 10.7. The highest BCUT2D eigenvalue weighted by molar-refractivity contribution is 5.75. The summed E-state index contributed by atoms with van der Waals surface area (Å²) in [5.41, 5.74) is 2.28. The van der Waals surface area contributed by atoms with E-state index < -0.39 is 4.92 Å². The van der Waals surface area contributed by atoms with E-state index in [1.807, 2.05) is 24.7 Å². The van der Waals surface area contributed by atoms with Crippen LogP contribution in [0.4, 0.5) is 5.69 Å². The third-order valence-electron chi connectivity index (χ3n) is 3.67. The number of carbonyl (C=O) groups is 1. The minimum atomic E-state index is -0.479. The Bertz CT molecular complexity index is 718. The van der Waals surface area contributed by atoms with Crippen LogP contribution >= 0.6 is 0 Å². The van der Waals surface area contributed by atoms with Crippen LogP contribution in [0.1, 0.15) is 30.3 Å². The summed E-state index contributed by atoms with van der Waals surface area (Å²) in [6.07, 6.45) is 3.33. The van der Waals surface area contributed by atoms with Gasteiger partial charge in [-0.1, -0.05) is 0 Å². The average molecular weight is 320 g/mol. The number of aryl methyl sites for hydroxylation is 3. The predicted molar refractivity (Wildman–Crippen MR) is 82.7 cm³/mol. The van der Waals surface area contributed by atoms with Crippen LogP contribution in [0.25, 0.3) is 0 Å². The zero-order chi connectivity index (χ0) is 17.0. The molecule has 0 aromatic carbocycles. The van der Waals surface area contributed by atoms with E-state index in [-0.39, 0.29) is 18.0 Å². The summed E-state index contributed by atoms with van der Waals surface area (Å²) < 4.78 is 3.29. The molecule has 2 aromatic rings. The van der Waals surface area contributed by atoms with E-state index >= 15 is 0 Å². The number of hydrogen-bond acceptors (Lipinski definition) is 5. The van der Waals surface area contributed by atoms with E-state index in [2.05, 4.69) is 15.5 Å². The highest BCUT2D eigenvalue weighted by Gasteiger charge is 2.16. The van der Waals surface area contributed by atoms with Gasteiger partial charge >= 0.3 is 5.69 Å². The van der Waals surface area contributed by atoms with Crippen LogP contribution in [-0.4, -0.2) is 30.4 Å². The van der Waals surface area contributed by atoms with Gasteiger partial charge in [-0.15, -0.1) is 0 Å². The van der Waals surface area contributed by atoms with Gasteiger partial charge in [0.15, 0.2) is 0 Å². The Morgan fingerprint density at radius 2 is 2.17 bits per heavy atom. The summed E-state index contributed by atoms with van der Waals surface area (Å²) in [7, 11) is 0. The van der Waals surface area contributed by atoms with Gasteiger partial charge in [-0.25, -0.2) is 0 Å². The Labute approximate surface area is 133 Å². The number of nitrogens with zero attached hydrogens (tertiary/aromatic N) is 5. The lowest BCUT2D eigenvalue weighted by Crippen LogP contribution is -2.24. The highest BCUT2D eigenvalue weighted by atomic mass is 16.6. The lowest BCUT2D eigenvalue weighted by Gasteiger charge is -2.05. The van der Waals surface area contributed by atoms with E-state index in [1.165, 1.54) is 10.9 Å². The standard InChI is InChI=1S/C14H20N6O3/c1-4-18-9-12(10(2)17-18)7-15-14(21)5-6-19-11(3)13(8-16-19)20(22)23/h8-9H,4-7H2,1-3H3,(H,15,21). The summed E-state index contributed by atoms with van der Waals surface area (Å²) in [6.45, 7) is 7.03. The van der Waals surface area contributed by atoms with Crippen molar-refractivity contribution in [2.24, 2.45) is 0 Å². The maximum atomic E-state index is 11.9. The van der Waals surface area contributed by atoms with Crippen molar-refractivity contribution in [2.75, 3.05) is 0 Å². The molecular formula is C14H20N6O3. The van der Waals surface area contributed by atoms with E-state index in [4.69, 9.17) is 0 Å². The van der Waals surface area contributed by atoms with Crippen molar-refractivity contribution in [3.8, 4) is 0 Å². The zero-order valence-electron chi connectivity index (χ0n) is 13.4. The predicted octanol–water partition coefficient (Wildman–Crippen LogP) is 1.33. The first kappa shape index (κ1) is 16.7. The zero-order valence-corrected chi connectivity index (χ0v) is 13.4. The fourth-order valence-electron chi connectivity index (χ4n) is 2.23. The van der Waals surface area contributed by atoms with Crippen LogP contribution < -0.4 is 5.32 Å². The Morgan fingerprint density at radius 1 is 1.43 bits per heavy atom. The minimum absolute atomic E-state index is 0.0342. The summed E-state index contributed by atoms with van der Waals surface area (Å²) in [6, 6.07) is 0. The quantitative estimate of drug-likeness (QED) is 0.611. The molecule has 2 heterocycles. The highest BCUT2D eigenvalue weighted by Crippen LogP contribution is 2.16. The van der Waals surface area contributed by atoms with Crippen LogP contribution in [0, 0.1) is 24.0 Å². The van der Waals surface area contributed by atoms with Gasteiger partial charge in [0.1, 0.15) is 11.9 Å². The fourth-order valence-corrected chi connectivity index (χ4v) is 2.23. The maximum Gasteiger partial charge on any atom is 0.309 e. The lowest BCUT2D eigenvalue weighted by atomic mass is 10.2. The van der Waals surface area contributed by atoms with Gasteiger partial charge in [-0.05, 0) is 20.8 Å². The Morgan fingerprint density at radius 3 is 2.74 bits per heavy atom. The molecule has 124 valence electrons. The van der Waals surface area contributed by atoms with Gasteiger partial charge in [-0.3, -0.25) is 24.3 Å².